The maximum Gasteiger partial charge on any atom is 0.242 e. The summed E-state index contributed by atoms with van der Waals surface area (Å²) in [5.74, 6) is -0.198. The highest BCUT2D eigenvalue weighted by molar-refractivity contribution is 8.15. The molecule has 29 heavy (non-hydrogen) atoms. The number of amidine groups is 1. The molecule has 152 valence electrons. The minimum atomic E-state index is -0.449. The molecule has 1 heterocycles. The van der Waals surface area contributed by atoms with E-state index in [1.807, 2.05) is 70.2 Å². The Morgan fingerprint density at radius 3 is 2.59 bits per heavy atom. The number of thioether (sulfide) groups is 1. The summed E-state index contributed by atoms with van der Waals surface area (Å²) in [6.45, 7) is 8.62. The first-order chi connectivity index (χ1) is 13.9. The summed E-state index contributed by atoms with van der Waals surface area (Å²) in [4.78, 5) is 32.0. The summed E-state index contributed by atoms with van der Waals surface area (Å²) >= 11 is 1.38. The van der Waals surface area contributed by atoms with Crippen molar-refractivity contribution in [1.29, 1.82) is 0 Å². The first-order valence-corrected chi connectivity index (χ1v) is 10.8. The Hall–Kier alpha value is -2.60. The molecule has 0 aromatic heterocycles. The van der Waals surface area contributed by atoms with Gasteiger partial charge in [0.15, 0.2) is 5.17 Å². The monoisotopic (exact) mass is 409 g/mol. The van der Waals surface area contributed by atoms with Crippen LogP contribution in [0.5, 0.6) is 0 Å². The average Bonchev–Trinajstić information content (AvgIpc) is 2.95. The maximum absolute atomic E-state index is 12.9. The highest BCUT2D eigenvalue weighted by Crippen LogP contribution is 2.33. The number of rotatable bonds is 6. The summed E-state index contributed by atoms with van der Waals surface area (Å²) in [6, 6.07) is 13.7. The van der Waals surface area contributed by atoms with Crippen LogP contribution in [0.15, 0.2) is 47.5 Å². The van der Waals surface area contributed by atoms with Gasteiger partial charge in [-0.3, -0.25) is 14.5 Å². The van der Waals surface area contributed by atoms with Gasteiger partial charge in [0.05, 0.1) is 5.69 Å². The molecule has 2 aromatic rings. The second-order valence-electron chi connectivity index (χ2n) is 7.35. The normalized spacial score (nSPS) is 17.8. The lowest BCUT2D eigenvalue weighted by Crippen LogP contribution is -2.34. The van der Waals surface area contributed by atoms with Gasteiger partial charge in [-0.2, -0.15) is 0 Å². The van der Waals surface area contributed by atoms with Crippen LogP contribution < -0.4 is 5.32 Å². The highest BCUT2D eigenvalue weighted by Gasteiger charge is 2.38. The van der Waals surface area contributed by atoms with Crippen LogP contribution in [-0.4, -0.2) is 33.7 Å². The smallest absolute Gasteiger partial charge is 0.242 e. The largest absolute Gasteiger partial charge is 0.326 e. The van der Waals surface area contributed by atoms with Crippen LogP contribution >= 0.6 is 11.8 Å². The van der Waals surface area contributed by atoms with Gasteiger partial charge in [0.25, 0.3) is 0 Å². The van der Waals surface area contributed by atoms with Crippen molar-refractivity contribution in [3.63, 3.8) is 0 Å². The minimum absolute atomic E-state index is 0.0417. The van der Waals surface area contributed by atoms with Gasteiger partial charge in [0, 0.05) is 18.7 Å². The van der Waals surface area contributed by atoms with E-state index in [0.29, 0.717) is 11.7 Å². The molecule has 1 atom stereocenters. The molecule has 0 radical (unpaired) electrons. The Morgan fingerprint density at radius 1 is 1.14 bits per heavy atom. The molecule has 2 aromatic carbocycles. The number of para-hydroxylation sites is 1. The first-order valence-electron chi connectivity index (χ1n) is 9.88. The number of aryl methyl sites for hydroxylation is 3. The van der Waals surface area contributed by atoms with Crippen LogP contribution in [0.25, 0.3) is 0 Å². The Morgan fingerprint density at radius 2 is 1.90 bits per heavy atom. The zero-order chi connectivity index (χ0) is 21.0. The SMILES string of the molecule is CCCN1C(=O)[C@@H](CC(=O)Nc2ccc(C)cc2C)SC1=Nc1ccccc1C. The lowest BCUT2D eigenvalue weighted by Gasteiger charge is -2.15. The number of carbonyl (C=O) groups excluding carboxylic acids is 2. The molecule has 0 bridgehead atoms. The maximum atomic E-state index is 12.9. The van der Waals surface area contributed by atoms with Gasteiger partial charge in [-0.1, -0.05) is 54.6 Å². The highest BCUT2D eigenvalue weighted by atomic mass is 32.2. The molecule has 1 aliphatic rings. The molecule has 1 fully saturated rings. The number of hydrogen-bond acceptors (Lipinski definition) is 4. The van der Waals surface area contributed by atoms with Crippen molar-refractivity contribution in [3.8, 4) is 0 Å². The van der Waals surface area contributed by atoms with E-state index in [9.17, 15) is 9.59 Å². The fourth-order valence-corrected chi connectivity index (χ4v) is 4.45. The van der Waals surface area contributed by atoms with Crippen LogP contribution in [0, 0.1) is 20.8 Å². The zero-order valence-electron chi connectivity index (χ0n) is 17.4. The van der Waals surface area contributed by atoms with E-state index in [4.69, 9.17) is 4.99 Å². The van der Waals surface area contributed by atoms with Crippen molar-refractivity contribution in [2.45, 2.75) is 45.8 Å². The van der Waals surface area contributed by atoms with E-state index < -0.39 is 5.25 Å². The molecule has 0 aliphatic carbocycles. The average molecular weight is 410 g/mol. The second kappa shape index (κ2) is 9.27. The van der Waals surface area contributed by atoms with Crippen molar-refractivity contribution in [2.24, 2.45) is 4.99 Å². The molecule has 1 saturated heterocycles. The summed E-state index contributed by atoms with van der Waals surface area (Å²) in [5, 5.41) is 3.17. The summed E-state index contributed by atoms with van der Waals surface area (Å²) < 4.78 is 0. The molecule has 2 amide bonds. The molecule has 5 nitrogen and oxygen atoms in total. The molecule has 6 heteroatoms. The predicted octanol–water partition coefficient (Wildman–Crippen LogP) is 4.98. The molecule has 0 saturated carbocycles. The molecule has 3 rings (SSSR count). The van der Waals surface area contributed by atoms with E-state index in [-0.39, 0.29) is 18.2 Å². The van der Waals surface area contributed by atoms with Gasteiger partial charge < -0.3 is 5.32 Å². The second-order valence-corrected chi connectivity index (χ2v) is 8.52. The number of benzene rings is 2. The molecule has 0 spiro atoms. The number of amides is 2. The lowest BCUT2D eigenvalue weighted by molar-refractivity contribution is -0.128. The topological polar surface area (TPSA) is 61.8 Å². The Balaban J connectivity index is 1.75. The Labute approximate surface area is 176 Å². The van der Waals surface area contributed by atoms with Crippen molar-refractivity contribution in [3.05, 3.63) is 59.2 Å². The fourth-order valence-electron chi connectivity index (χ4n) is 3.27. The van der Waals surface area contributed by atoms with E-state index in [1.54, 1.807) is 4.90 Å². The van der Waals surface area contributed by atoms with E-state index in [1.165, 1.54) is 11.8 Å². The third-order valence-corrected chi connectivity index (χ3v) is 6.00. The van der Waals surface area contributed by atoms with Crippen molar-refractivity contribution in [2.75, 3.05) is 11.9 Å². The summed E-state index contributed by atoms with van der Waals surface area (Å²) in [6.07, 6.45) is 0.963. The van der Waals surface area contributed by atoms with Gasteiger partial charge in [-0.05, 0) is 50.5 Å². The zero-order valence-corrected chi connectivity index (χ0v) is 18.2. The van der Waals surface area contributed by atoms with Crippen LogP contribution in [0.1, 0.15) is 36.5 Å². The number of aliphatic imine (C=N–C) groups is 1. The third kappa shape index (κ3) is 5.07. The number of nitrogens with one attached hydrogen (secondary N) is 1. The molecular weight excluding hydrogens is 382 g/mol. The summed E-state index contributed by atoms with van der Waals surface area (Å²) in [5.41, 5.74) is 4.85. The van der Waals surface area contributed by atoms with Crippen LogP contribution in [0.2, 0.25) is 0 Å². The van der Waals surface area contributed by atoms with Crippen LogP contribution in [-0.2, 0) is 9.59 Å². The predicted molar refractivity (Wildman–Crippen MR) is 121 cm³/mol. The molecule has 1 N–H and O–H groups in total. The fraction of sp³-hybridized carbons (Fsp3) is 0.348. The quantitative estimate of drug-likeness (QED) is 0.732. The van der Waals surface area contributed by atoms with Crippen molar-refractivity contribution >= 4 is 40.1 Å². The number of carbonyl (C=O) groups is 2. The van der Waals surface area contributed by atoms with E-state index >= 15 is 0 Å². The van der Waals surface area contributed by atoms with Crippen LogP contribution in [0.3, 0.4) is 0 Å². The third-order valence-electron chi connectivity index (χ3n) is 4.83. The van der Waals surface area contributed by atoms with Gasteiger partial charge in [0.2, 0.25) is 11.8 Å². The molecular formula is C23H27N3O2S. The minimum Gasteiger partial charge on any atom is -0.326 e. The summed E-state index contributed by atoms with van der Waals surface area (Å²) in [7, 11) is 0. The molecule has 1 aliphatic heterocycles. The number of hydrogen-bond donors (Lipinski definition) is 1. The van der Waals surface area contributed by atoms with Crippen LogP contribution in [0.4, 0.5) is 11.4 Å². The Kier molecular flexibility index (Phi) is 6.75. The van der Waals surface area contributed by atoms with Gasteiger partial charge in [-0.15, -0.1) is 0 Å². The lowest BCUT2D eigenvalue weighted by atomic mass is 10.1. The standard InChI is InChI=1S/C23H27N3O2S/c1-5-12-26-22(28)20(29-23(26)25-18-9-7-6-8-16(18)3)14-21(27)24-19-11-10-15(2)13-17(19)4/h6-11,13,20H,5,12,14H2,1-4H3,(H,24,27)/t20-/m1/s1. The van der Waals surface area contributed by atoms with Gasteiger partial charge >= 0.3 is 0 Å². The molecule has 0 unspecified atom stereocenters. The number of anilines is 1. The van der Waals surface area contributed by atoms with Crippen molar-refractivity contribution < 1.29 is 9.59 Å². The van der Waals surface area contributed by atoms with Gasteiger partial charge in [0.1, 0.15) is 5.25 Å². The van der Waals surface area contributed by atoms with Gasteiger partial charge in [-0.25, -0.2) is 4.99 Å². The van der Waals surface area contributed by atoms with E-state index in [2.05, 4.69) is 5.32 Å². The van der Waals surface area contributed by atoms with E-state index in [0.717, 1.165) is 34.5 Å². The first kappa shape index (κ1) is 21.1. The Bertz CT molecular complexity index is 955. The number of nitrogens with zero attached hydrogens (tertiary/aromatic N) is 2. The van der Waals surface area contributed by atoms with Crippen molar-refractivity contribution in [1.82, 2.24) is 4.90 Å².